The lowest BCUT2D eigenvalue weighted by Gasteiger charge is -2.28. The van der Waals surface area contributed by atoms with Gasteiger partial charge in [0.1, 0.15) is 5.60 Å². The summed E-state index contributed by atoms with van der Waals surface area (Å²) in [6.07, 6.45) is 5.93. The first-order valence-electron chi connectivity index (χ1n) is 10.1. The number of carbonyl (C=O) groups excluding carboxylic acids is 1. The Hall–Kier alpha value is -1.52. The molecule has 0 spiro atoms. The lowest BCUT2D eigenvalue weighted by molar-refractivity contribution is 0.0486. The summed E-state index contributed by atoms with van der Waals surface area (Å²) in [4.78, 5) is 23.0. The minimum atomic E-state index is -0.498. The second-order valence-electron chi connectivity index (χ2n) is 8.24. The number of hydrogen-bond acceptors (Lipinski definition) is 4. The predicted octanol–water partition coefficient (Wildman–Crippen LogP) is 3.34. The summed E-state index contributed by atoms with van der Waals surface area (Å²) in [7, 11) is 2.02. The maximum Gasteiger partial charge on any atom is 0.407 e. The molecule has 0 bridgehead atoms. The van der Waals surface area contributed by atoms with Crippen molar-refractivity contribution in [2.24, 2.45) is 10.9 Å². The highest BCUT2D eigenvalue weighted by Crippen LogP contribution is 2.11. The van der Waals surface area contributed by atoms with E-state index in [1.165, 1.54) is 0 Å². The van der Waals surface area contributed by atoms with Gasteiger partial charge in [-0.2, -0.15) is 0 Å². The van der Waals surface area contributed by atoms with Gasteiger partial charge in [0.25, 0.3) is 0 Å². The Morgan fingerprint density at radius 2 is 2.03 bits per heavy atom. The zero-order valence-corrected chi connectivity index (χ0v) is 21.3. The smallest absolute Gasteiger partial charge is 0.407 e. The molecule has 1 aromatic rings. The summed E-state index contributed by atoms with van der Waals surface area (Å²) in [6.45, 7) is 14.9. The number of hydrogen-bond donors (Lipinski definition) is 2. The van der Waals surface area contributed by atoms with Gasteiger partial charge in [-0.15, -0.1) is 24.0 Å². The van der Waals surface area contributed by atoms with Gasteiger partial charge in [-0.1, -0.05) is 13.8 Å². The monoisotopic (exact) mass is 522 g/mol. The van der Waals surface area contributed by atoms with E-state index in [-0.39, 0.29) is 36.1 Å². The van der Waals surface area contributed by atoms with Crippen LogP contribution in [-0.4, -0.2) is 64.8 Å². The van der Waals surface area contributed by atoms with Crippen molar-refractivity contribution in [2.75, 3.05) is 26.7 Å². The summed E-state index contributed by atoms with van der Waals surface area (Å²) >= 11 is 0. The predicted molar refractivity (Wildman–Crippen MR) is 129 cm³/mol. The van der Waals surface area contributed by atoms with E-state index in [0.29, 0.717) is 12.5 Å². The fraction of sp³-hybridized carbons (Fsp3) is 0.750. The molecule has 0 radical (unpaired) electrons. The van der Waals surface area contributed by atoms with E-state index in [1.807, 2.05) is 38.6 Å². The average molecular weight is 522 g/mol. The van der Waals surface area contributed by atoms with Crippen molar-refractivity contribution in [1.29, 1.82) is 0 Å². The second kappa shape index (κ2) is 13.7. The quantitative estimate of drug-likeness (QED) is 0.295. The van der Waals surface area contributed by atoms with Gasteiger partial charge in [0.2, 0.25) is 0 Å². The molecule has 1 unspecified atom stereocenters. The van der Waals surface area contributed by atoms with E-state index in [9.17, 15) is 4.79 Å². The molecule has 0 aliphatic rings. The van der Waals surface area contributed by atoms with Crippen LogP contribution >= 0.6 is 24.0 Å². The first-order chi connectivity index (χ1) is 13.1. The molecule has 0 saturated carbocycles. The zero-order chi connectivity index (χ0) is 21.2. The number of halogens is 1. The molecule has 0 aliphatic carbocycles. The van der Waals surface area contributed by atoms with Crippen molar-refractivity contribution in [3.8, 4) is 0 Å². The molecule has 2 N–H and O–H groups in total. The number of amides is 1. The zero-order valence-electron chi connectivity index (χ0n) is 18.9. The molecule has 0 fully saturated rings. The summed E-state index contributed by atoms with van der Waals surface area (Å²) < 4.78 is 7.40. The fourth-order valence-electron chi connectivity index (χ4n) is 2.63. The maximum absolute atomic E-state index is 12.1. The highest BCUT2D eigenvalue weighted by atomic mass is 127. The summed E-state index contributed by atoms with van der Waals surface area (Å²) in [5.41, 5.74) is -0.498. The number of aliphatic imine (C=N–C) groups is 1. The molecule has 1 atom stereocenters. The first-order valence-corrected chi connectivity index (χ1v) is 10.1. The van der Waals surface area contributed by atoms with E-state index in [0.717, 1.165) is 32.0 Å². The lowest BCUT2D eigenvalue weighted by atomic mass is 10.0. The molecule has 168 valence electrons. The van der Waals surface area contributed by atoms with Crippen LogP contribution in [0.5, 0.6) is 0 Å². The first kappa shape index (κ1) is 27.5. The third-order valence-corrected chi connectivity index (χ3v) is 4.16. The Labute approximate surface area is 192 Å². The van der Waals surface area contributed by atoms with E-state index in [2.05, 4.69) is 41.3 Å². The van der Waals surface area contributed by atoms with Crippen molar-refractivity contribution in [1.82, 2.24) is 25.1 Å². The number of guanidine groups is 1. The van der Waals surface area contributed by atoms with Crippen LogP contribution in [0.25, 0.3) is 0 Å². The van der Waals surface area contributed by atoms with Crippen LogP contribution in [0.4, 0.5) is 4.79 Å². The van der Waals surface area contributed by atoms with Gasteiger partial charge in [-0.05, 0) is 40.0 Å². The number of nitrogens with zero attached hydrogens (tertiary/aromatic N) is 4. The van der Waals surface area contributed by atoms with Gasteiger partial charge in [0.15, 0.2) is 5.96 Å². The number of ether oxygens (including phenoxy) is 1. The summed E-state index contributed by atoms with van der Waals surface area (Å²) in [6, 6.07) is 0.0334. The van der Waals surface area contributed by atoms with Crippen LogP contribution in [0, 0.1) is 5.92 Å². The van der Waals surface area contributed by atoms with E-state index in [4.69, 9.17) is 9.73 Å². The molecule has 0 aromatic carbocycles. The van der Waals surface area contributed by atoms with Crippen molar-refractivity contribution in [3.63, 3.8) is 0 Å². The molecule has 29 heavy (non-hydrogen) atoms. The van der Waals surface area contributed by atoms with Gasteiger partial charge >= 0.3 is 6.09 Å². The Morgan fingerprint density at radius 3 is 2.55 bits per heavy atom. The molecular weight excluding hydrogens is 483 g/mol. The molecule has 0 aliphatic heterocycles. The number of nitrogens with one attached hydrogen (secondary N) is 2. The largest absolute Gasteiger partial charge is 0.444 e. The van der Waals surface area contributed by atoms with Crippen LogP contribution in [0.15, 0.2) is 23.7 Å². The van der Waals surface area contributed by atoms with Gasteiger partial charge in [-0.25, -0.2) is 9.78 Å². The molecule has 8 nitrogen and oxygen atoms in total. The molecule has 1 aromatic heterocycles. The number of imidazole rings is 1. The van der Waals surface area contributed by atoms with E-state index in [1.54, 1.807) is 12.5 Å². The van der Waals surface area contributed by atoms with Gasteiger partial charge < -0.3 is 24.8 Å². The van der Waals surface area contributed by atoms with Gasteiger partial charge in [-0.3, -0.25) is 4.99 Å². The van der Waals surface area contributed by atoms with E-state index < -0.39 is 5.60 Å². The lowest BCUT2D eigenvalue weighted by Crippen LogP contribution is -2.45. The molecule has 1 amide bonds. The third-order valence-electron chi connectivity index (χ3n) is 4.16. The molecular formula is C20H39IN6O2. The van der Waals surface area contributed by atoms with Crippen LogP contribution in [-0.2, 0) is 11.3 Å². The van der Waals surface area contributed by atoms with Crippen LogP contribution in [0.2, 0.25) is 0 Å². The number of carbonyl (C=O) groups is 1. The van der Waals surface area contributed by atoms with Crippen LogP contribution in [0.1, 0.15) is 48.0 Å². The Kier molecular flexibility index (Phi) is 12.9. The van der Waals surface area contributed by atoms with Gasteiger partial charge in [0, 0.05) is 45.1 Å². The topological polar surface area (TPSA) is 83.8 Å². The van der Waals surface area contributed by atoms with Crippen molar-refractivity contribution in [3.05, 3.63) is 18.7 Å². The third kappa shape index (κ3) is 11.9. The molecule has 9 heteroatoms. The van der Waals surface area contributed by atoms with Gasteiger partial charge in [0.05, 0.1) is 12.9 Å². The van der Waals surface area contributed by atoms with Crippen molar-refractivity contribution < 1.29 is 9.53 Å². The number of rotatable bonds is 9. The maximum atomic E-state index is 12.1. The SMILES string of the molecule is CCNC(=NCCn1ccnc1)N(C)CCC(NC(=O)OC(C)(C)C)C(C)C.I. The van der Waals surface area contributed by atoms with Crippen molar-refractivity contribution >= 4 is 36.0 Å². The Morgan fingerprint density at radius 1 is 1.34 bits per heavy atom. The highest BCUT2D eigenvalue weighted by Gasteiger charge is 2.22. The standard InChI is InChI=1S/C20H38N6O2.HI/c1-8-22-18(23-11-14-26-13-10-21-15-26)25(7)12-9-17(16(2)3)24-19(27)28-20(4,5)6;/h10,13,15-17H,8-9,11-12,14H2,1-7H3,(H,22,23)(H,24,27);1H. The average Bonchev–Trinajstić information content (AvgIpc) is 3.09. The normalized spacial score (nSPS) is 12.9. The minimum absolute atomic E-state index is 0. The van der Waals surface area contributed by atoms with E-state index >= 15 is 0 Å². The second-order valence-corrected chi connectivity index (χ2v) is 8.24. The molecule has 1 heterocycles. The highest BCUT2D eigenvalue weighted by molar-refractivity contribution is 14.0. The fourth-order valence-corrected chi connectivity index (χ4v) is 2.63. The number of alkyl carbamates (subject to hydrolysis) is 1. The van der Waals surface area contributed by atoms with Crippen LogP contribution < -0.4 is 10.6 Å². The van der Waals surface area contributed by atoms with Crippen molar-refractivity contribution in [2.45, 2.75) is 66.2 Å². The summed E-state index contributed by atoms with van der Waals surface area (Å²) in [5.74, 6) is 1.17. The molecule has 1 rings (SSSR count). The van der Waals surface area contributed by atoms with Crippen LogP contribution in [0.3, 0.4) is 0 Å². The number of aromatic nitrogens is 2. The Bertz CT molecular complexity index is 599. The minimum Gasteiger partial charge on any atom is -0.444 e. The summed E-state index contributed by atoms with van der Waals surface area (Å²) in [5, 5.41) is 6.33. The molecule has 0 saturated heterocycles. The Balaban J connectivity index is 0.00000784.